The molecule has 0 bridgehead atoms. The van der Waals surface area contributed by atoms with E-state index in [1.165, 1.54) is 30.5 Å². The maximum Gasteiger partial charge on any atom is 0.283 e. The van der Waals surface area contributed by atoms with E-state index in [1.54, 1.807) is 0 Å². The lowest BCUT2D eigenvalue weighted by atomic mass is 10.3. The Morgan fingerprint density at radius 2 is 2.06 bits per heavy atom. The van der Waals surface area contributed by atoms with Gasteiger partial charge in [-0.2, -0.15) is 12.5 Å². The minimum absolute atomic E-state index is 0.0454. The average Bonchev–Trinajstić information content (AvgIpc) is 2.77. The SMILES string of the molecule is Nc1ccn(S(=O)(=O)c2cccc([N+](=O)[O-])c2)n1. The van der Waals surface area contributed by atoms with Gasteiger partial charge in [0.05, 0.1) is 9.82 Å². The topological polar surface area (TPSA) is 121 Å². The van der Waals surface area contributed by atoms with Gasteiger partial charge in [-0.05, 0) is 6.07 Å². The van der Waals surface area contributed by atoms with Crippen LogP contribution in [0.25, 0.3) is 0 Å². The van der Waals surface area contributed by atoms with Gasteiger partial charge in [0.25, 0.3) is 15.7 Å². The molecule has 0 spiro atoms. The molecule has 0 aliphatic carbocycles. The highest BCUT2D eigenvalue weighted by Gasteiger charge is 2.20. The first-order valence-corrected chi connectivity index (χ1v) is 6.16. The number of nitro benzene ring substituents is 1. The van der Waals surface area contributed by atoms with Crippen LogP contribution in [0.15, 0.2) is 41.4 Å². The zero-order valence-electron chi connectivity index (χ0n) is 8.92. The zero-order valence-corrected chi connectivity index (χ0v) is 9.74. The van der Waals surface area contributed by atoms with Gasteiger partial charge < -0.3 is 5.73 Å². The van der Waals surface area contributed by atoms with Crippen LogP contribution in [0.4, 0.5) is 11.5 Å². The van der Waals surface area contributed by atoms with E-state index >= 15 is 0 Å². The van der Waals surface area contributed by atoms with Crippen molar-refractivity contribution in [2.45, 2.75) is 4.90 Å². The Bertz CT molecular complexity index is 707. The standard InChI is InChI=1S/C9H8N4O4S/c10-9-4-5-12(11-9)18(16,17)8-3-1-2-7(6-8)13(14)15/h1-6H,(H2,10,11). The summed E-state index contributed by atoms with van der Waals surface area (Å²) in [6.07, 6.45) is 1.17. The second kappa shape index (κ2) is 4.11. The van der Waals surface area contributed by atoms with Gasteiger partial charge in [-0.3, -0.25) is 10.1 Å². The molecule has 0 unspecified atom stereocenters. The van der Waals surface area contributed by atoms with Gasteiger partial charge >= 0.3 is 0 Å². The number of nitro groups is 1. The maximum atomic E-state index is 12.0. The third-order valence-corrected chi connectivity index (χ3v) is 3.70. The minimum atomic E-state index is -3.95. The van der Waals surface area contributed by atoms with Crippen LogP contribution in [0.3, 0.4) is 0 Å². The fraction of sp³-hybridized carbons (Fsp3) is 0. The third kappa shape index (κ3) is 2.02. The number of rotatable bonds is 3. The number of hydrogen-bond acceptors (Lipinski definition) is 6. The fourth-order valence-electron chi connectivity index (χ4n) is 1.32. The molecule has 9 heteroatoms. The van der Waals surface area contributed by atoms with Crippen molar-refractivity contribution in [3.05, 3.63) is 46.6 Å². The molecule has 1 aromatic carbocycles. The molecule has 1 heterocycles. The van der Waals surface area contributed by atoms with Crippen molar-refractivity contribution < 1.29 is 13.3 Å². The smallest absolute Gasteiger partial charge is 0.283 e. The van der Waals surface area contributed by atoms with Crippen LogP contribution in [-0.2, 0) is 10.0 Å². The summed E-state index contributed by atoms with van der Waals surface area (Å²) >= 11 is 0. The summed E-state index contributed by atoms with van der Waals surface area (Å²) in [6.45, 7) is 0. The molecule has 18 heavy (non-hydrogen) atoms. The normalized spacial score (nSPS) is 11.3. The van der Waals surface area contributed by atoms with Gasteiger partial charge in [0.2, 0.25) is 0 Å². The lowest BCUT2D eigenvalue weighted by Gasteiger charge is -2.03. The molecular weight excluding hydrogens is 260 g/mol. The molecule has 0 aliphatic heterocycles. The highest BCUT2D eigenvalue weighted by Crippen LogP contribution is 2.19. The van der Waals surface area contributed by atoms with Crippen molar-refractivity contribution in [1.82, 2.24) is 9.19 Å². The summed E-state index contributed by atoms with van der Waals surface area (Å²) < 4.78 is 24.8. The van der Waals surface area contributed by atoms with Crippen molar-refractivity contribution >= 4 is 21.5 Å². The average molecular weight is 268 g/mol. The molecule has 2 aromatic rings. The Kier molecular flexibility index (Phi) is 2.75. The first-order valence-electron chi connectivity index (χ1n) is 4.72. The second-order valence-electron chi connectivity index (χ2n) is 3.37. The lowest BCUT2D eigenvalue weighted by Crippen LogP contribution is -2.14. The van der Waals surface area contributed by atoms with Gasteiger partial charge in [-0.25, -0.2) is 0 Å². The molecule has 0 atom stereocenters. The van der Waals surface area contributed by atoms with E-state index in [1.807, 2.05) is 0 Å². The predicted octanol–water partition coefficient (Wildman–Crippen LogP) is 0.611. The van der Waals surface area contributed by atoms with E-state index in [-0.39, 0.29) is 16.4 Å². The van der Waals surface area contributed by atoms with Gasteiger partial charge in [-0.1, -0.05) is 6.07 Å². The molecule has 2 N–H and O–H groups in total. The fourth-order valence-corrected chi connectivity index (χ4v) is 2.48. The monoisotopic (exact) mass is 268 g/mol. The molecule has 94 valence electrons. The zero-order chi connectivity index (χ0) is 13.3. The Morgan fingerprint density at radius 1 is 1.33 bits per heavy atom. The first-order chi connectivity index (χ1) is 8.41. The summed E-state index contributed by atoms with van der Waals surface area (Å²) in [5.74, 6) is 0.0454. The molecule has 0 radical (unpaired) electrons. The third-order valence-electron chi connectivity index (χ3n) is 2.16. The van der Waals surface area contributed by atoms with Crippen molar-refractivity contribution in [3.63, 3.8) is 0 Å². The van der Waals surface area contributed by atoms with Crippen LogP contribution in [-0.4, -0.2) is 22.5 Å². The number of hydrogen-bond donors (Lipinski definition) is 1. The van der Waals surface area contributed by atoms with Crippen LogP contribution < -0.4 is 5.73 Å². The highest BCUT2D eigenvalue weighted by molar-refractivity contribution is 7.89. The summed E-state index contributed by atoms with van der Waals surface area (Å²) in [5.41, 5.74) is 5.02. The first kappa shape index (κ1) is 12.0. The lowest BCUT2D eigenvalue weighted by molar-refractivity contribution is -0.385. The van der Waals surface area contributed by atoms with Crippen LogP contribution in [0.2, 0.25) is 0 Å². The number of benzene rings is 1. The number of aromatic nitrogens is 2. The van der Waals surface area contributed by atoms with E-state index in [4.69, 9.17) is 5.73 Å². The molecule has 8 nitrogen and oxygen atoms in total. The van der Waals surface area contributed by atoms with E-state index in [9.17, 15) is 18.5 Å². The van der Waals surface area contributed by atoms with E-state index in [2.05, 4.69) is 5.10 Å². The van der Waals surface area contributed by atoms with Crippen molar-refractivity contribution in [1.29, 1.82) is 0 Å². The second-order valence-corrected chi connectivity index (χ2v) is 5.17. The molecule has 1 aromatic heterocycles. The number of nitrogen functional groups attached to an aromatic ring is 1. The number of anilines is 1. The van der Waals surface area contributed by atoms with E-state index < -0.39 is 14.9 Å². The van der Waals surface area contributed by atoms with Gasteiger partial charge in [0, 0.05) is 24.4 Å². The Morgan fingerprint density at radius 3 is 2.61 bits per heavy atom. The molecule has 0 aliphatic rings. The number of non-ortho nitro benzene ring substituents is 1. The van der Waals surface area contributed by atoms with E-state index in [0.717, 1.165) is 6.07 Å². The van der Waals surface area contributed by atoms with Crippen LogP contribution in [0.1, 0.15) is 0 Å². The Balaban J connectivity index is 2.54. The van der Waals surface area contributed by atoms with Crippen molar-refractivity contribution in [2.24, 2.45) is 0 Å². The maximum absolute atomic E-state index is 12.0. The van der Waals surface area contributed by atoms with Gasteiger partial charge in [0.15, 0.2) is 0 Å². The highest BCUT2D eigenvalue weighted by atomic mass is 32.2. The van der Waals surface area contributed by atoms with Gasteiger partial charge in [0.1, 0.15) is 5.82 Å². The summed E-state index contributed by atoms with van der Waals surface area (Å²) in [7, 11) is -3.95. The van der Waals surface area contributed by atoms with Gasteiger partial charge in [-0.15, -0.1) is 5.10 Å². The molecular formula is C9H8N4O4S. The largest absolute Gasteiger partial charge is 0.382 e. The van der Waals surface area contributed by atoms with Crippen LogP contribution >= 0.6 is 0 Å². The number of nitrogens with two attached hydrogens (primary N) is 1. The van der Waals surface area contributed by atoms with Crippen molar-refractivity contribution in [3.8, 4) is 0 Å². The number of nitrogens with zero attached hydrogens (tertiary/aromatic N) is 3. The minimum Gasteiger partial charge on any atom is -0.382 e. The summed E-state index contributed by atoms with van der Waals surface area (Å²) in [5, 5.41) is 14.2. The quantitative estimate of drug-likeness (QED) is 0.643. The van der Waals surface area contributed by atoms with Crippen molar-refractivity contribution in [2.75, 3.05) is 5.73 Å². The summed E-state index contributed by atoms with van der Waals surface area (Å²) in [6, 6.07) is 6.02. The predicted molar refractivity (Wildman–Crippen MR) is 62.3 cm³/mol. The molecule has 0 saturated heterocycles. The molecule has 0 fully saturated rings. The molecule has 0 amide bonds. The van der Waals surface area contributed by atoms with E-state index in [0.29, 0.717) is 4.09 Å². The molecule has 0 saturated carbocycles. The summed E-state index contributed by atoms with van der Waals surface area (Å²) in [4.78, 5) is 9.70. The van der Waals surface area contributed by atoms with Crippen LogP contribution in [0.5, 0.6) is 0 Å². The Labute approximate surface area is 102 Å². The molecule has 2 rings (SSSR count). The Hall–Kier alpha value is -2.42. The van der Waals surface area contributed by atoms with Crippen LogP contribution in [0, 0.1) is 10.1 Å².